The Morgan fingerprint density at radius 3 is 2.59 bits per heavy atom. The average molecular weight is 240 g/mol. The van der Waals surface area contributed by atoms with Crippen LogP contribution in [0.5, 0.6) is 0 Å². The Morgan fingerprint density at radius 2 is 2.12 bits per heavy atom. The fraction of sp³-hybridized carbons (Fsp3) is 0.786. The molecule has 1 N–H and O–H groups in total. The van der Waals surface area contributed by atoms with Crippen molar-refractivity contribution in [2.45, 2.75) is 58.7 Å². The summed E-state index contributed by atoms with van der Waals surface area (Å²) in [7, 11) is 0. The van der Waals surface area contributed by atoms with Crippen molar-refractivity contribution in [3.05, 3.63) is 12.2 Å². The molecule has 0 bridgehead atoms. The van der Waals surface area contributed by atoms with Crippen molar-refractivity contribution in [3.63, 3.8) is 0 Å². The predicted octanol–water partition coefficient (Wildman–Crippen LogP) is 2.68. The van der Waals surface area contributed by atoms with Crippen LogP contribution >= 0.6 is 0 Å². The molecular formula is C14H24O3. The molecule has 1 aliphatic rings. The van der Waals surface area contributed by atoms with Crippen LogP contribution in [0.15, 0.2) is 12.2 Å². The molecule has 0 heterocycles. The molecule has 0 saturated heterocycles. The summed E-state index contributed by atoms with van der Waals surface area (Å²) in [6.07, 6.45) is 2.01. The zero-order chi connectivity index (χ0) is 13.2. The predicted molar refractivity (Wildman–Crippen MR) is 67.5 cm³/mol. The third kappa shape index (κ3) is 3.84. The van der Waals surface area contributed by atoms with Gasteiger partial charge in [-0.25, -0.2) is 4.79 Å². The Labute approximate surface area is 104 Å². The lowest BCUT2D eigenvalue weighted by Gasteiger charge is -2.40. The molecule has 3 heteroatoms. The van der Waals surface area contributed by atoms with Gasteiger partial charge in [0.25, 0.3) is 0 Å². The Morgan fingerprint density at radius 1 is 1.53 bits per heavy atom. The van der Waals surface area contributed by atoms with Gasteiger partial charge in [-0.3, -0.25) is 0 Å². The number of hydrogen-bond acceptors (Lipinski definition) is 3. The molecule has 1 aliphatic carbocycles. The van der Waals surface area contributed by atoms with Crippen LogP contribution in [0.25, 0.3) is 0 Å². The second-order valence-corrected chi connectivity index (χ2v) is 5.87. The topological polar surface area (TPSA) is 46.5 Å². The molecule has 0 radical (unpaired) electrons. The quantitative estimate of drug-likeness (QED) is 0.609. The third-order valence-electron chi connectivity index (χ3n) is 3.60. The highest BCUT2D eigenvalue weighted by Gasteiger charge is 2.39. The molecule has 3 atom stereocenters. The van der Waals surface area contributed by atoms with Gasteiger partial charge in [-0.05, 0) is 38.5 Å². The minimum absolute atomic E-state index is 0.192. The van der Waals surface area contributed by atoms with E-state index in [4.69, 9.17) is 4.74 Å². The van der Waals surface area contributed by atoms with Gasteiger partial charge in [0.05, 0.1) is 5.60 Å². The number of aliphatic hydroxyl groups is 1. The summed E-state index contributed by atoms with van der Waals surface area (Å²) in [4.78, 5) is 11.6. The molecule has 1 fully saturated rings. The Balaban J connectivity index is 2.74. The standard InChI is InChI=1S/C14H24O3/c1-9(2)11-6-7-14(5,16)8-12(11)17-13(15)10(3)4/h9,11-12,16H,3,6-8H2,1-2,4-5H3. The molecule has 0 amide bonds. The smallest absolute Gasteiger partial charge is 0.333 e. The minimum atomic E-state index is -0.717. The number of hydrogen-bond donors (Lipinski definition) is 1. The van der Waals surface area contributed by atoms with Crippen LogP contribution in [0.4, 0.5) is 0 Å². The number of esters is 1. The number of rotatable bonds is 3. The van der Waals surface area contributed by atoms with E-state index in [9.17, 15) is 9.90 Å². The summed E-state index contributed by atoms with van der Waals surface area (Å²) in [5.41, 5.74) is -0.302. The van der Waals surface area contributed by atoms with Crippen molar-refractivity contribution in [3.8, 4) is 0 Å². The number of carbonyl (C=O) groups excluding carboxylic acids is 1. The first kappa shape index (κ1) is 14.2. The molecule has 98 valence electrons. The molecule has 1 saturated carbocycles. The summed E-state index contributed by atoms with van der Waals surface area (Å²) >= 11 is 0. The van der Waals surface area contributed by atoms with Gasteiger partial charge < -0.3 is 9.84 Å². The lowest BCUT2D eigenvalue weighted by molar-refractivity contribution is -0.157. The molecule has 0 aromatic rings. The fourth-order valence-corrected chi connectivity index (χ4v) is 2.48. The summed E-state index contributed by atoms with van der Waals surface area (Å²) in [6.45, 7) is 11.3. The second kappa shape index (κ2) is 5.21. The third-order valence-corrected chi connectivity index (χ3v) is 3.60. The highest BCUT2D eigenvalue weighted by molar-refractivity contribution is 5.87. The molecule has 0 aliphatic heterocycles. The van der Waals surface area contributed by atoms with Gasteiger partial charge in [-0.15, -0.1) is 0 Å². The molecule has 3 nitrogen and oxygen atoms in total. The number of carbonyl (C=O) groups is 1. The van der Waals surface area contributed by atoms with Crippen molar-refractivity contribution < 1.29 is 14.6 Å². The van der Waals surface area contributed by atoms with E-state index in [2.05, 4.69) is 20.4 Å². The van der Waals surface area contributed by atoms with Crippen LogP contribution in [-0.4, -0.2) is 22.8 Å². The fourth-order valence-electron chi connectivity index (χ4n) is 2.48. The zero-order valence-corrected chi connectivity index (χ0v) is 11.3. The van der Waals surface area contributed by atoms with Crippen molar-refractivity contribution in [1.82, 2.24) is 0 Å². The maximum atomic E-state index is 11.6. The summed E-state index contributed by atoms with van der Waals surface area (Å²) in [5.74, 6) is 0.436. The largest absolute Gasteiger partial charge is 0.459 e. The Hall–Kier alpha value is -0.830. The lowest BCUT2D eigenvalue weighted by atomic mass is 9.73. The van der Waals surface area contributed by atoms with Crippen LogP contribution in [0, 0.1) is 11.8 Å². The van der Waals surface area contributed by atoms with Gasteiger partial charge in [-0.1, -0.05) is 20.4 Å². The Bertz CT molecular complexity index is 305. The molecule has 3 unspecified atom stereocenters. The van der Waals surface area contributed by atoms with E-state index < -0.39 is 5.60 Å². The lowest BCUT2D eigenvalue weighted by Crippen LogP contribution is -2.43. The van der Waals surface area contributed by atoms with Gasteiger partial charge in [-0.2, -0.15) is 0 Å². The maximum absolute atomic E-state index is 11.6. The number of ether oxygens (including phenoxy) is 1. The highest BCUT2D eigenvalue weighted by Crippen LogP contribution is 2.37. The molecule has 0 aromatic carbocycles. The van der Waals surface area contributed by atoms with Crippen molar-refractivity contribution in [2.24, 2.45) is 11.8 Å². The second-order valence-electron chi connectivity index (χ2n) is 5.87. The first-order valence-corrected chi connectivity index (χ1v) is 6.32. The molecule has 1 rings (SSSR count). The maximum Gasteiger partial charge on any atom is 0.333 e. The van der Waals surface area contributed by atoms with Crippen LogP contribution in [0.3, 0.4) is 0 Å². The molecule has 0 aromatic heterocycles. The summed E-state index contributed by atoms with van der Waals surface area (Å²) in [5, 5.41) is 10.1. The van der Waals surface area contributed by atoms with Gasteiger partial charge in [0.1, 0.15) is 6.10 Å². The van der Waals surface area contributed by atoms with Crippen molar-refractivity contribution in [2.75, 3.05) is 0 Å². The van der Waals surface area contributed by atoms with Gasteiger partial charge >= 0.3 is 5.97 Å². The van der Waals surface area contributed by atoms with E-state index in [1.807, 2.05) is 6.92 Å². The normalized spacial score (nSPS) is 33.5. The van der Waals surface area contributed by atoms with Crippen LogP contribution in [0.2, 0.25) is 0 Å². The van der Waals surface area contributed by atoms with E-state index in [0.717, 1.165) is 12.8 Å². The summed E-state index contributed by atoms with van der Waals surface area (Å²) < 4.78 is 5.46. The molecular weight excluding hydrogens is 216 g/mol. The minimum Gasteiger partial charge on any atom is -0.459 e. The summed E-state index contributed by atoms with van der Waals surface area (Å²) in [6, 6.07) is 0. The van der Waals surface area contributed by atoms with Crippen LogP contribution in [-0.2, 0) is 9.53 Å². The van der Waals surface area contributed by atoms with Crippen LogP contribution < -0.4 is 0 Å². The first-order chi connectivity index (χ1) is 7.73. The van der Waals surface area contributed by atoms with Crippen LogP contribution in [0.1, 0.15) is 47.0 Å². The van der Waals surface area contributed by atoms with Gasteiger partial charge in [0, 0.05) is 12.0 Å². The van der Waals surface area contributed by atoms with E-state index in [1.54, 1.807) is 6.92 Å². The van der Waals surface area contributed by atoms with Gasteiger partial charge in [0.15, 0.2) is 0 Å². The molecule has 17 heavy (non-hydrogen) atoms. The van der Waals surface area contributed by atoms with E-state index in [0.29, 0.717) is 23.8 Å². The molecule has 0 spiro atoms. The van der Waals surface area contributed by atoms with E-state index >= 15 is 0 Å². The average Bonchev–Trinajstić information content (AvgIpc) is 2.15. The first-order valence-electron chi connectivity index (χ1n) is 6.32. The van der Waals surface area contributed by atoms with Crippen molar-refractivity contribution >= 4 is 5.97 Å². The van der Waals surface area contributed by atoms with Gasteiger partial charge in [0.2, 0.25) is 0 Å². The SMILES string of the molecule is C=C(C)C(=O)OC1CC(C)(O)CCC1C(C)C. The van der Waals surface area contributed by atoms with Crippen molar-refractivity contribution in [1.29, 1.82) is 0 Å². The highest BCUT2D eigenvalue weighted by atomic mass is 16.5. The van der Waals surface area contributed by atoms with E-state index in [1.165, 1.54) is 0 Å². The van der Waals surface area contributed by atoms with E-state index in [-0.39, 0.29) is 12.1 Å². The monoisotopic (exact) mass is 240 g/mol. The zero-order valence-electron chi connectivity index (χ0n) is 11.3. The Kier molecular flexibility index (Phi) is 4.36.